The maximum atomic E-state index is 12.4. The lowest BCUT2D eigenvalue weighted by molar-refractivity contribution is 0.0523. The molecule has 1 heterocycles. The normalized spacial score (nSPS) is 10.6. The van der Waals surface area contributed by atoms with Crippen LogP contribution in [0.2, 0.25) is 0 Å². The SMILES string of the molecule is CCOC(=O)c1c(C)n(C)n(Cc2ccccc2)c1=O. The largest absolute Gasteiger partial charge is 0.462 e. The summed E-state index contributed by atoms with van der Waals surface area (Å²) in [5, 5.41) is 0. The molecule has 0 atom stereocenters. The molecule has 0 radical (unpaired) electrons. The van der Waals surface area contributed by atoms with Crippen molar-refractivity contribution >= 4 is 5.97 Å². The summed E-state index contributed by atoms with van der Waals surface area (Å²) in [4.78, 5) is 24.2. The van der Waals surface area contributed by atoms with Crippen LogP contribution in [0.15, 0.2) is 35.1 Å². The first-order valence-electron chi connectivity index (χ1n) is 6.53. The smallest absolute Gasteiger partial charge is 0.345 e. The Hall–Kier alpha value is -2.30. The Bertz CT molecular complexity index is 668. The van der Waals surface area contributed by atoms with Crippen LogP contribution in [0.5, 0.6) is 0 Å². The number of nitrogens with zero attached hydrogens (tertiary/aromatic N) is 2. The quantitative estimate of drug-likeness (QED) is 0.798. The van der Waals surface area contributed by atoms with E-state index in [4.69, 9.17) is 4.74 Å². The molecule has 0 amide bonds. The summed E-state index contributed by atoms with van der Waals surface area (Å²) in [7, 11) is 1.77. The van der Waals surface area contributed by atoms with E-state index in [2.05, 4.69) is 0 Å². The molecule has 0 unspecified atom stereocenters. The minimum atomic E-state index is -0.558. The fraction of sp³-hybridized carbons (Fsp3) is 0.333. The molecule has 2 aromatic rings. The van der Waals surface area contributed by atoms with Gasteiger partial charge in [0.05, 0.1) is 18.8 Å². The van der Waals surface area contributed by atoms with E-state index in [-0.39, 0.29) is 17.7 Å². The van der Waals surface area contributed by atoms with Gasteiger partial charge in [0.2, 0.25) is 0 Å². The van der Waals surface area contributed by atoms with E-state index in [1.165, 1.54) is 4.68 Å². The molecule has 5 heteroatoms. The monoisotopic (exact) mass is 274 g/mol. The van der Waals surface area contributed by atoms with Crippen molar-refractivity contribution < 1.29 is 9.53 Å². The molecular formula is C15H18N2O3. The number of carbonyl (C=O) groups is 1. The van der Waals surface area contributed by atoms with E-state index in [9.17, 15) is 9.59 Å². The Morgan fingerprint density at radius 1 is 1.25 bits per heavy atom. The lowest BCUT2D eigenvalue weighted by atomic mass is 10.2. The van der Waals surface area contributed by atoms with E-state index >= 15 is 0 Å². The van der Waals surface area contributed by atoms with Gasteiger partial charge in [-0.05, 0) is 19.4 Å². The van der Waals surface area contributed by atoms with Crippen molar-refractivity contribution in [3.05, 3.63) is 57.5 Å². The topological polar surface area (TPSA) is 53.2 Å². The van der Waals surface area contributed by atoms with Crippen molar-refractivity contribution in [2.45, 2.75) is 20.4 Å². The zero-order valence-corrected chi connectivity index (χ0v) is 11.9. The maximum absolute atomic E-state index is 12.4. The van der Waals surface area contributed by atoms with Crippen molar-refractivity contribution in [3.63, 3.8) is 0 Å². The van der Waals surface area contributed by atoms with Gasteiger partial charge in [-0.2, -0.15) is 0 Å². The zero-order valence-electron chi connectivity index (χ0n) is 11.9. The first kappa shape index (κ1) is 14.1. The highest BCUT2D eigenvalue weighted by atomic mass is 16.5. The van der Waals surface area contributed by atoms with Crippen LogP contribution in [0.1, 0.15) is 28.5 Å². The van der Waals surface area contributed by atoms with Gasteiger partial charge < -0.3 is 4.74 Å². The molecule has 106 valence electrons. The molecule has 20 heavy (non-hydrogen) atoms. The van der Waals surface area contributed by atoms with Gasteiger partial charge in [-0.25, -0.2) is 9.48 Å². The second-order valence-corrected chi connectivity index (χ2v) is 4.55. The molecule has 0 fully saturated rings. The Morgan fingerprint density at radius 2 is 1.90 bits per heavy atom. The van der Waals surface area contributed by atoms with E-state index in [0.29, 0.717) is 12.2 Å². The highest BCUT2D eigenvalue weighted by Crippen LogP contribution is 2.08. The fourth-order valence-electron chi connectivity index (χ4n) is 2.14. The third-order valence-corrected chi connectivity index (χ3v) is 3.31. The Kier molecular flexibility index (Phi) is 4.08. The lowest BCUT2D eigenvalue weighted by Gasteiger charge is -2.08. The molecule has 0 N–H and O–H groups in total. The van der Waals surface area contributed by atoms with Gasteiger partial charge in [0.15, 0.2) is 0 Å². The van der Waals surface area contributed by atoms with Crippen LogP contribution in [0.25, 0.3) is 0 Å². The van der Waals surface area contributed by atoms with Gasteiger partial charge in [-0.1, -0.05) is 30.3 Å². The van der Waals surface area contributed by atoms with Gasteiger partial charge in [0.25, 0.3) is 5.56 Å². The van der Waals surface area contributed by atoms with Crippen LogP contribution in [-0.4, -0.2) is 21.9 Å². The van der Waals surface area contributed by atoms with Gasteiger partial charge in [-0.3, -0.25) is 9.48 Å². The summed E-state index contributed by atoms with van der Waals surface area (Å²) in [5.41, 5.74) is 1.42. The molecule has 1 aromatic carbocycles. The maximum Gasteiger partial charge on any atom is 0.345 e. The average molecular weight is 274 g/mol. The number of hydrogen-bond donors (Lipinski definition) is 0. The molecule has 0 saturated carbocycles. The standard InChI is InChI=1S/C15H18N2O3/c1-4-20-15(19)13-11(2)16(3)17(14(13)18)10-12-8-6-5-7-9-12/h5-9H,4,10H2,1-3H3. The van der Waals surface area contributed by atoms with Crippen LogP contribution in [0, 0.1) is 6.92 Å². The number of ether oxygens (including phenoxy) is 1. The number of esters is 1. The van der Waals surface area contributed by atoms with Crippen molar-refractivity contribution in [1.29, 1.82) is 0 Å². The minimum absolute atomic E-state index is 0.116. The predicted octanol–water partition coefficient (Wildman–Crippen LogP) is 1.72. The predicted molar refractivity (Wildman–Crippen MR) is 75.9 cm³/mol. The van der Waals surface area contributed by atoms with Gasteiger partial charge >= 0.3 is 5.97 Å². The summed E-state index contributed by atoms with van der Waals surface area (Å²) >= 11 is 0. The van der Waals surface area contributed by atoms with Crippen LogP contribution >= 0.6 is 0 Å². The molecule has 0 bridgehead atoms. The lowest BCUT2D eigenvalue weighted by Crippen LogP contribution is -2.25. The number of rotatable bonds is 4. The highest BCUT2D eigenvalue weighted by molar-refractivity contribution is 5.90. The van der Waals surface area contributed by atoms with Gasteiger partial charge in [0, 0.05) is 7.05 Å². The summed E-state index contributed by atoms with van der Waals surface area (Å²) in [5.74, 6) is -0.558. The van der Waals surface area contributed by atoms with Gasteiger partial charge in [0.1, 0.15) is 5.56 Å². The molecule has 0 aliphatic heterocycles. The Morgan fingerprint density at radius 3 is 2.50 bits per heavy atom. The molecule has 0 aliphatic carbocycles. The number of benzene rings is 1. The highest BCUT2D eigenvalue weighted by Gasteiger charge is 2.22. The third-order valence-electron chi connectivity index (χ3n) is 3.31. The Labute approximate surface area is 117 Å². The van der Waals surface area contributed by atoms with Crippen LogP contribution in [0.4, 0.5) is 0 Å². The molecular weight excluding hydrogens is 256 g/mol. The van der Waals surface area contributed by atoms with Crippen molar-refractivity contribution in [2.75, 3.05) is 6.61 Å². The average Bonchev–Trinajstić information content (AvgIpc) is 2.64. The van der Waals surface area contributed by atoms with Crippen LogP contribution in [0.3, 0.4) is 0 Å². The summed E-state index contributed by atoms with van der Waals surface area (Å²) in [6.45, 7) is 4.15. The van der Waals surface area contributed by atoms with E-state index < -0.39 is 5.97 Å². The first-order chi connectivity index (χ1) is 9.56. The van der Waals surface area contributed by atoms with E-state index in [1.54, 1.807) is 25.6 Å². The molecule has 2 rings (SSSR count). The minimum Gasteiger partial charge on any atom is -0.462 e. The second kappa shape index (κ2) is 5.77. The van der Waals surface area contributed by atoms with Crippen molar-refractivity contribution in [1.82, 2.24) is 9.36 Å². The van der Waals surface area contributed by atoms with E-state index in [1.807, 2.05) is 30.3 Å². The van der Waals surface area contributed by atoms with Crippen molar-refractivity contribution in [2.24, 2.45) is 7.05 Å². The molecule has 0 saturated heterocycles. The second-order valence-electron chi connectivity index (χ2n) is 4.55. The Balaban J connectivity index is 2.43. The number of aromatic nitrogens is 2. The van der Waals surface area contributed by atoms with Crippen LogP contribution < -0.4 is 5.56 Å². The fourth-order valence-corrected chi connectivity index (χ4v) is 2.14. The number of carbonyl (C=O) groups excluding carboxylic acids is 1. The molecule has 0 aliphatic rings. The van der Waals surface area contributed by atoms with Crippen LogP contribution in [-0.2, 0) is 18.3 Å². The molecule has 1 aromatic heterocycles. The van der Waals surface area contributed by atoms with E-state index in [0.717, 1.165) is 5.56 Å². The summed E-state index contributed by atoms with van der Waals surface area (Å²) in [6.07, 6.45) is 0. The van der Waals surface area contributed by atoms with Gasteiger partial charge in [-0.15, -0.1) is 0 Å². The third kappa shape index (κ3) is 2.52. The number of hydrogen-bond acceptors (Lipinski definition) is 3. The zero-order chi connectivity index (χ0) is 14.7. The first-order valence-corrected chi connectivity index (χ1v) is 6.53. The van der Waals surface area contributed by atoms with Crippen molar-refractivity contribution in [3.8, 4) is 0 Å². The summed E-state index contributed by atoms with van der Waals surface area (Å²) < 4.78 is 8.18. The molecule has 0 spiro atoms. The summed E-state index contributed by atoms with van der Waals surface area (Å²) in [6, 6.07) is 9.65. The molecule has 5 nitrogen and oxygen atoms in total.